The molecule has 0 saturated carbocycles. The van der Waals surface area contributed by atoms with Crippen LogP contribution in [0.4, 0.5) is 0 Å². The Morgan fingerprint density at radius 2 is 2.00 bits per heavy atom. The molecule has 0 aromatic carbocycles. The van der Waals surface area contributed by atoms with Crippen molar-refractivity contribution in [1.29, 1.82) is 0 Å². The van der Waals surface area contributed by atoms with Crippen LogP contribution in [0.3, 0.4) is 0 Å². The van der Waals surface area contributed by atoms with Crippen LogP contribution in [0.5, 0.6) is 0 Å². The van der Waals surface area contributed by atoms with E-state index < -0.39 is 10.2 Å². The highest BCUT2D eigenvalue weighted by Crippen LogP contribution is 1.89. The van der Waals surface area contributed by atoms with Gasteiger partial charge in [-0.2, -0.15) is 12.7 Å². The average Bonchev–Trinajstić information content (AvgIpc) is 1.64. The van der Waals surface area contributed by atoms with Crippen molar-refractivity contribution in [3.63, 3.8) is 0 Å². The Morgan fingerprint density at radius 3 is 2.11 bits per heavy atom. The third kappa shape index (κ3) is 3.45. The minimum Gasteiger partial charge on any atom is -0.216 e. The molecule has 0 aliphatic rings. The topological polar surface area (TPSA) is 63.4 Å². The van der Waals surface area contributed by atoms with E-state index in [9.17, 15) is 8.42 Å². The summed E-state index contributed by atoms with van der Waals surface area (Å²) in [6.45, 7) is 2.38. The number of rotatable bonds is 3. The van der Waals surface area contributed by atoms with E-state index in [4.69, 9.17) is 5.14 Å². The first kappa shape index (κ1) is 8.87. The molecule has 0 radical (unpaired) electrons. The minimum absolute atomic E-state index is 0.485. The van der Waals surface area contributed by atoms with Gasteiger partial charge in [-0.25, -0.2) is 5.14 Å². The van der Waals surface area contributed by atoms with Crippen molar-refractivity contribution >= 4 is 10.2 Å². The van der Waals surface area contributed by atoms with Gasteiger partial charge in [0.2, 0.25) is 0 Å². The zero-order chi connectivity index (χ0) is 7.49. The average molecular weight is 152 g/mol. The molecule has 0 saturated heterocycles. The van der Waals surface area contributed by atoms with Gasteiger partial charge in [0.25, 0.3) is 10.2 Å². The summed E-state index contributed by atoms with van der Waals surface area (Å²) >= 11 is 0. The Balaban J connectivity index is 3.90. The van der Waals surface area contributed by atoms with Gasteiger partial charge in [-0.05, 0) is 6.42 Å². The van der Waals surface area contributed by atoms with Gasteiger partial charge < -0.3 is 0 Å². The summed E-state index contributed by atoms with van der Waals surface area (Å²) in [5, 5.41) is 4.76. The molecule has 9 heavy (non-hydrogen) atoms. The molecular weight excluding hydrogens is 140 g/mol. The molecule has 0 aliphatic heterocycles. The van der Waals surface area contributed by atoms with E-state index in [0.717, 1.165) is 10.7 Å². The smallest absolute Gasteiger partial charge is 0.216 e. The van der Waals surface area contributed by atoms with Crippen LogP contribution in [-0.2, 0) is 10.2 Å². The third-order valence-corrected chi connectivity index (χ3v) is 2.02. The maximum Gasteiger partial charge on any atom is 0.276 e. The summed E-state index contributed by atoms with van der Waals surface area (Å²) in [4.78, 5) is 0. The fraction of sp³-hybridized carbons (Fsp3) is 1.00. The Morgan fingerprint density at radius 1 is 1.56 bits per heavy atom. The van der Waals surface area contributed by atoms with Gasteiger partial charge >= 0.3 is 0 Å². The van der Waals surface area contributed by atoms with E-state index in [1.54, 1.807) is 0 Å². The molecular formula is C4H12N2O2S. The van der Waals surface area contributed by atoms with Gasteiger partial charge in [0.15, 0.2) is 0 Å². The van der Waals surface area contributed by atoms with Gasteiger partial charge in [-0.1, -0.05) is 6.92 Å². The van der Waals surface area contributed by atoms with Crippen LogP contribution in [0.1, 0.15) is 13.3 Å². The molecule has 0 unspecified atom stereocenters. The molecule has 5 heteroatoms. The Labute approximate surface area is 55.8 Å². The van der Waals surface area contributed by atoms with Crippen molar-refractivity contribution in [3.8, 4) is 0 Å². The van der Waals surface area contributed by atoms with E-state index in [-0.39, 0.29) is 0 Å². The monoisotopic (exact) mass is 152 g/mol. The molecule has 0 aromatic heterocycles. The standard InChI is InChI=1S/C4H12N2O2S/c1-3-4-6(2)9(5,7)8/h3-4H2,1-2H3,(H2,5,7,8). The van der Waals surface area contributed by atoms with Crippen LogP contribution in [0, 0.1) is 0 Å². The summed E-state index contributed by atoms with van der Waals surface area (Å²) < 4.78 is 22.0. The van der Waals surface area contributed by atoms with Crippen molar-refractivity contribution in [1.82, 2.24) is 4.31 Å². The van der Waals surface area contributed by atoms with Crippen LogP contribution in [-0.4, -0.2) is 26.3 Å². The predicted octanol–water partition coefficient (Wildman–Crippen LogP) is -0.468. The maximum absolute atomic E-state index is 10.4. The molecule has 0 aliphatic carbocycles. The van der Waals surface area contributed by atoms with Crippen molar-refractivity contribution in [2.75, 3.05) is 13.6 Å². The highest BCUT2D eigenvalue weighted by molar-refractivity contribution is 7.86. The van der Waals surface area contributed by atoms with Crippen molar-refractivity contribution in [2.45, 2.75) is 13.3 Å². The lowest BCUT2D eigenvalue weighted by Gasteiger charge is -2.10. The van der Waals surface area contributed by atoms with Crippen molar-refractivity contribution in [3.05, 3.63) is 0 Å². The predicted molar refractivity (Wildman–Crippen MR) is 36.0 cm³/mol. The van der Waals surface area contributed by atoms with E-state index in [1.165, 1.54) is 7.05 Å². The van der Waals surface area contributed by atoms with Crippen molar-refractivity contribution in [2.24, 2.45) is 5.14 Å². The van der Waals surface area contributed by atoms with Crippen LogP contribution >= 0.6 is 0 Å². The van der Waals surface area contributed by atoms with Crippen LogP contribution in [0.25, 0.3) is 0 Å². The fourth-order valence-corrected chi connectivity index (χ4v) is 0.879. The second-order valence-corrected chi connectivity index (χ2v) is 3.52. The van der Waals surface area contributed by atoms with Gasteiger partial charge in [-0.3, -0.25) is 0 Å². The van der Waals surface area contributed by atoms with Crippen LogP contribution in [0.2, 0.25) is 0 Å². The fourth-order valence-electron chi connectivity index (χ4n) is 0.442. The molecule has 0 fully saturated rings. The van der Waals surface area contributed by atoms with Crippen LogP contribution < -0.4 is 5.14 Å². The Kier molecular flexibility index (Phi) is 3.10. The minimum atomic E-state index is -3.43. The molecule has 4 nitrogen and oxygen atoms in total. The quantitative estimate of drug-likeness (QED) is 0.594. The normalized spacial score (nSPS) is 12.4. The molecule has 0 atom stereocenters. The summed E-state index contributed by atoms with van der Waals surface area (Å²) in [5.41, 5.74) is 0. The number of nitrogens with zero attached hydrogens (tertiary/aromatic N) is 1. The molecule has 56 valence electrons. The zero-order valence-corrected chi connectivity index (χ0v) is 6.48. The SMILES string of the molecule is CCCN(C)S(N)(=O)=O. The highest BCUT2D eigenvalue weighted by atomic mass is 32.2. The first-order valence-corrected chi connectivity index (χ1v) is 4.23. The summed E-state index contributed by atoms with van der Waals surface area (Å²) in [7, 11) is -1.97. The third-order valence-electron chi connectivity index (χ3n) is 0.973. The highest BCUT2D eigenvalue weighted by Gasteiger charge is 2.08. The number of hydrogen-bond donors (Lipinski definition) is 1. The first-order valence-electron chi connectivity index (χ1n) is 2.72. The molecule has 0 amide bonds. The van der Waals surface area contributed by atoms with Gasteiger partial charge in [-0.15, -0.1) is 0 Å². The molecule has 0 bridgehead atoms. The maximum atomic E-state index is 10.4. The molecule has 0 aromatic rings. The lowest BCUT2D eigenvalue weighted by molar-refractivity contribution is 0.469. The molecule has 0 rings (SSSR count). The van der Waals surface area contributed by atoms with E-state index in [2.05, 4.69) is 0 Å². The van der Waals surface area contributed by atoms with Gasteiger partial charge in [0, 0.05) is 13.6 Å². The molecule has 0 spiro atoms. The summed E-state index contributed by atoms with van der Waals surface area (Å²) in [6.07, 6.45) is 0.785. The largest absolute Gasteiger partial charge is 0.276 e. The van der Waals surface area contributed by atoms with Crippen molar-refractivity contribution < 1.29 is 8.42 Å². The number of nitrogens with two attached hydrogens (primary N) is 1. The zero-order valence-electron chi connectivity index (χ0n) is 5.66. The van der Waals surface area contributed by atoms with Gasteiger partial charge in [0.05, 0.1) is 0 Å². The second kappa shape index (κ2) is 3.14. The van der Waals surface area contributed by atoms with Crippen LogP contribution in [0.15, 0.2) is 0 Å². The number of hydrogen-bond acceptors (Lipinski definition) is 2. The lowest BCUT2D eigenvalue weighted by atomic mass is 10.5. The first-order chi connectivity index (χ1) is 3.98. The lowest BCUT2D eigenvalue weighted by Crippen LogP contribution is -2.33. The summed E-state index contributed by atoms with van der Waals surface area (Å²) in [6, 6.07) is 0. The van der Waals surface area contributed by atoms with Gasteiger partial charge in [0.1, 0.15) is 0 Å². The second-order valence-electron chi connectivity index (χ2n) is 1.87. The Hall–Kier alpha value is -0.130. The van der Waals surface area contributed by atoms with E-state index in [0.29, 0.717) is 6.54 Å². The molecule has 2 N–H and O–H groups in total. The summed E-state index contributed by atoms with van der Waals surface area (Å²) in [5.74, 6) is 0. The Bertz CT molecular complexity index is 163. The van der Waals surface area contributed by atoms with E-state index >= 15 is 0 Å². The van der Waals surface area contributed by atoms with E-state index in [1.807, 2.05) is 6.92 Å². The molecule has 0 heterocycles.